The number of pyridine rings is 1. The van der Waals surface area contributed by atoms with E-state index in [9.17, 15) is 5.11 Å². The standard InChI is InChI=1S/C18H24N2O/c1-4-5-17-10-16(13-21)11-18(19-17)20(3)12-15-8-6-14(2)7-9-15/h6-11,21H,4-5,12-13H2,1-3H3. The zero-order chi connectivity index (χ0) is 15.2. The fourth-order valence-corrected chi connectivity index (χ4v) is 2.35. The Morgan fingerprint density at radius 3 is 2.43 bits per heavy atom. The van der Waals surface area contributed by atoms with Crippen molar-refractivity contribution in [2.45, 2.75) is 39.8 Å². The van der Waals surface area contributed by atoms with Crippen LogP contribution in [0.25, 0.3) is 0 Å². The van der Waals surface area contributed by atoms with E-state index < -0.39 is 0 Å². The largest absolute Gasteiger partial charge is 0.392 e. The number of hydrogen-bond acceptors (Lipinski definition) is 3. The first kappa shape index (κ1) is 15.5. The predicted octanol–water partition coefficient (Wildman–Crippen LogP) is 3.47. The minimum Gasteiger partial charge on any atom is -0.392 e. The summed E-state index contributed by atoms with van der Waals surface area (Å²) in [6.45, 7) is 5.11. The predicted molar refractivity (Wildman–Crippen MR) is 87.4 cm³/mol. The van der Waals surface area contributed by atoms with E-state index in [0.29, 0.717) is 0 Å². The molecule has 1 aromatic heterocycles. The van der Waals surface area contributed by atoms with Crippen molar-refractivity contribution in [2.75, 3.05) is 11.9 Å². The second-order valence-electron chi connectivity index (χ2n) is 5.57. The molecule has 0 fully saturated rings. The van der Waals surface area contributed by atoms with E-state index in [1.165, 1.54) is 11.1 Å². The zero-order valence-electron chi connectivity index (χ0n) is 13.1. The molecule has 1 aromatic carbocycles. The van der Waals surface area contributed by atoms with Gasteiger partial charge in [0, 0.05) is 19.3 Å². The van der Waals surface area contributed by atoms with Gasteiger partial charge in [0.25, 0.3) is 0 Å². The normalized spacial score (nSPS) is 10.7. The molecule has 0 aliphatic rings. The van der Waals surface area contributed by atoms with Crippen LogP contribution in [0.1, 0.15) is 35.7 Å². The maximum atomic E-state index is 9.41. The van der Waals surface area contributed by atoms with Gasteiger partial charge in [-0.15, -0.1) is 0 Å². The molecule has 0 radical (unpaired) electrons. The third-order valence-corrected chi connectivity index (χ3v) is 3.54. The molecule has 0 aliphatic heterocycles. The number of aliphatic hydroxyl groups is 1. The molecule has 2 rings (SSSR count). The first-order valence-corrected chi connectivity index (χ1v) is 7.49. The third kappa shape index (κ3) is 4.30. The zero-order valence-corrected chi connectivity index (χ0v) is 13.1. The molecule has 1 heterocycles. The molecule has 0 aliphatic carbocycles. The van der Waals surface area contributed by atoms with Gasteiger partial charge >= 0.3 is 0 Å². The lowest BCUT2D eigenvalue weighted by Gasteiger charge is -2.20. The molecule has 1 N–H and O–H groups in total. The molecule has 3 heteroatoms. The van der Waals surface area contributed by atoms with Crippen LogP contribution in [0.4, 0.5) is 5.82 Å². The van der Waals surface area contributed by atoms with Crippen LogP contribution >= 0.6 is 0 Å². The molecule has 2 aromatic rings. The fraction of sp³-hybridized carbons (Fsp3) is 0.389. The topological polar surface area (TPSA) is 36.4 Å². The van der Waals surface area contributed by atoms with E-state index in [1.807, 2.05) is 19.2 Å². The number of aliphatic hydroxyl groups excluding tert-OH is 1. The summed E-state index contributed by atoms with van der Waals surface area (Å²) < 4.78 is 0. The van der Waals surface area contributed by atoms with Gasteiger partial charge in [0.1, 0.15) is 5.82 Å². The monoisotopic (exact) mass is 284 g/mol. The summed E-state index contributed by atoms with van der Waals surface area (Å²) in [5.74, 6) is 0.922. The van der Waals surface area contributed by atoms with Crippen LogP contribution in [0.3, 0.4) is 0 Å². The van der Waals surface area contributed by atoms with E-state index in [1.54, 1.807) is 0 Å². The Bertz CT molecular complexity index is 578. The molecule has 0 saturated carbocycles. The summed E-state index contributed by atoms with van der Waals surface area (Å²) in [6, 6.07) is 12.5. The van der Waals surface area contributed by atoms with E-state index in [-0.39, 0.29) is 6.61 Å². The third-order valence-electron chi connectivity index (χ3n) is 3.54. The molecular weight excluding hydrogens is 260 g/mol. The average molecular weight is 284 g/mol. The van der Waals surface area contributed by atoms with Crippen molar-refractivity contribution in [1.29, 1.82) is 0 Å². The maximum Gasteiger partial charge on any atom is 0.129 e. The van der Waals surface area contributed by atoms with Crippen LogP contribution in [0.2, 0.25) is 0 Å². The first-order chi connectivity index (χ1) is 10.1. The number of anilines is 1. The number of aromatic nitrogens is 1. The average Bonchev–Trinajstić information content (AvgIpc) is 2.49. The van der Waals surface area contributed by atoms with Gasteiger partial charge in [0.05, 0.1) is 6.61 Å². The molecule has 0 bridgehead atoms. The van der Waals surface area contributed by atoms with Gasteiger partial charge in [-0.05, 0) is 36.6 Å². The van der Waals surface area contributed by atoms with Crippen molar-refractivity contribution >= 4 is 5.82 Å². The highest BCUT2D eigenvalue weighted by atomic mass is 16.3. The number of rotatable bonds is 6. The molecule has 3 nitrogen and oxygen atoms in total. The highest BCUT2D eigenvalue weighted by molar-refractivity contribution is 5.43. The molecule has 0 unspecified atom stereocenters. The van der Waals surface area contributed by atoms with Crippen LogP contribution < -0.4 is 4.90 Å². The molecule has 112 valence electrons. The van der Waals surface area contributed by atoms with Crippen molar-refractivity contribution < 1.29 is 5.11 Å². The van der Waals surface area contributed by atoms with Crippen molar-refractivity contribution in [3.8, 4) is 0 Å². The van der Waals surface area contributed by atoms with Crippen molar-refractivity contribution in [2.24, 2.45) is 0 Å². The van der Waals surface area contributed by atoms with Crippen LogP contribution in [0.5, 0.6) is 0 Å². The highest BCUT2D eigenvalue weighted by Crippen LogP contribution is 2.18. The van der Waals surface area contributed by atoms with E-state index in [0.717, 1.165) is 36.5 Å². The van der Waals surface area contributed by atoms with Gasteiger partial charge in [-0.3, -0.25) is 0 Å². The Kier molecular flexibility index (Phi) is 5.34. The highest BCUT2D eigenvalue weighted by Gasteiger charge is 2.07. The van der Waals surface area contributed by atoms with E-state index in [4.69, 9.17) is 4.98 Å². The summed E-state index contributed by atoms with van der Waals surface area (Å²) in [6.07, 6.45) is 2.00. The number of hydrogen-bond donors (Lipinski definition) is 1. The second-order valence-corrected chi connectivity index (χ2v) is 5.57. The van der Waals surface area contributed by atoms with Crippen LogP contribution in [-0.4, -0.2) is 17.1 Å². The fourth-order valence-electron chi connectivity index (χ4n) is 2.35. The summed E-state index contributed by atoms with van der Waals surface area (Å²) in [5, 5.41) is 9.41. The summed E-state index contributed by atoms with van der Waals surface area (Å²) in [5.41, 5.74) is 4.51. The van der Waals surface area contributed by atoms with Gasteiger partial charge in [0.2, 0.25) is 0 Å². The smallest absolute Gasteiger partial charge is 0.129 e. The lowest BCUT2D eigenvalue weighted by molar-refractivity contribution is 0.281. The van der Waals surface area contributed by atoms with Gasteiger partial charge in [-0.25, -0.2) is 4.98 Å². The van der Waals surface area contributed by atoms with Gasteiger partial charge in [0.15, 0.2) is 0 Å². The summed E-state index contributed by atoms with van der Waals surface area (Å²) in [7, 11) is 2.04. The molecule has 0 spiro atoms. The van der Waals surface area contributed by atoms with Gasteiger partial charge < -0.3 is 10.0 Å². The Hall–Kier alpha value is -1.87. The van der Waals surface area contributed by atoms with Gasteiger partial charge in [-0.1, -0.05) is 43.2 Å². The minimum atomic E-state index is 0.0601. The lowest BCUT2D eigenvalue weighted by atomic mass is 10.1. The minimum absolute atomic E-state index is 0.0601. The Morgan fingerprint density at radius 1 is 1.10 bits per heavy atom. The lowest BCUT2D eigenvalue weighted by Crippen LogP contribution is -2.18. The molecular formula is C18H24N2O. The van der Waals surface area contributed by atoms with Crippen molar-refractivity contribution in [3.63, 3.8) is 0 Å². The molecule has 21 heavy (non-hydrogen) atoms. The number of nitrogens with zero attached hydrogens (tertiary/aromatic N) is 2. The Labute approximate surface area is 127 Å². The van der Waals surface area contributed by atoms with Crippen LogP contribution in [0, 0.1) is 6.92 Å². The van der Waals surface area contributed by atoms with Crippen molar-refractivity contribution in [3.05, 3.63) is 58.8 Å². The quantitative estimate of drug-likeness (QED) is 0.882. The molecule has 0 saturated heterocycles. The van der Waals surface area contributed by atoms with Crippen LogP contribution in [-0.2, 0) is 19.6 Å². The van der Waals surface area contributed by atoms with E-state index >= 15 is 0 Å². The van der Waals surface area contributed by atoms with Gasteiger partial charge in [-0.2, -0.15) is 0 Å². The first-order valence-electron chi connectivity index (χ1n) is 7.49. The van der Waals surface area contributed by atoms with E-state index in [2.05, 4.69) is 43.0 Å². The number of benzene rings is 1. The summed E-state index contributed by atoms with van der Waals surface area (Å²) >= 11 is 0. The molecule has 0 amide bonds. The van der Waals surface area contributed by atoms with Crippen molar-refractivity contribution in [1.82, 2.24) is 4.98 Å². The number of aryl methyl sites for hydroxylation is 2. The Morgan fingerprint density at radius 2 is 1.81 bits per heavy atom. The Balaban J connectivity index is 2.19. The van der Waals surface area contributed by atoms with Crippen LogP contribution in [0.15, 0.2) is 36.4 Å². The maximum absolute atomic E-state index is 9.41. The second kappa shape index (κ2) is 7.23. The summed E-state index contributed by atoms with van der Waals surface area (Å²) in [4.78, 5) is 6.83. The SMILES string of the molecule is CCCc1cc(CO)cc(N(C)Cc2ccc(C)cc2)n1. The molecule has 0 atom stereocenters.